The van der Waals surface area contributed by atoms with E-state index >= 15 is 0 Å². The zero-order chi connectivity index (χ0) is 20.0. The zero-order valence-electron chi connectivity index (χ0n) is 15.3. The van der Waals surface area contributed by atoms with Crippen LogP contribution in [0.1, 0.15) is 11.1 Å². The first kappa shape index (κ1) is 20.2. The Morgan fingerprint density at radius 1 is 0.893 bits per heavy atom. The molecule has 0 heterocycles. The molecule has 0 atom stereocenters. The lowest BCUT2D eigenvalue weighted by atomic mass is 10.2. The number of rotatable bonds is 8. The van der Waals surface area contributed by atoms with Crippen LogP contribution in [-0.2, 0) is 23.2 Å². The van der Waals surface area contributed by atoms with Crippen LogP contribution in [0.2, 0.25) is 5.02 Å². The highest BCUT2D eigenvalue weighted by Gasteiger charge is 2.17. The van der Waals surface area contributed by atoms with E-state index in [1.165, 1.54) is 12.1 Å². The molecule has 0 saturated heterocycles. The predicted octanol–water partition coefficient (Wildman–Crippen LogP) is 4.41. The van der Waals surface area contributed by atoms with Crippen molar-refractivity contribution in [1.29, 1.82) is 0 Å². The smallest absolute Gasteiger partial charge is 0.242 e. The van der Waals surface area contributed by atoms with Crippen molar-refractivity contribution in [2.75, 3.05) is 7.11 Å². The third-order valence-electron chi connectivity index (χ3n) is 4.06. The second kappa shape index (κ2) is 9.10. The average Bonchev–Trinajstić information content (AvgIpc) is 2.72. The zero-order valence-corrected chi connectivity index (χ0v) is 16.8. The van der Waals surface area contributed by atoms with Gasteiger partial charge in [0.15, 0.2) is 11.5 Å². The first-order valence-corrected chi connectivity index (χ1v) is 10.4. The Morgan fingerprint density at radius 2 is 1.61 bits per heavy atom. The molecule has 3 rings (SSSR count). The molecular formula is C21H20ClNO4S. The standard InChI is InChI=1S/C21H20ClNO4S/c1-26-20-13-17(11-12-19(20)27-15-16-7-3-2-4-8-16)14-23-28(24,25)21-10-6-5-9-18(21)22/h2-13,23H,14-15H2,1H3. The molecule has 0 radical (unpaired) electrons. The van der Waals surface area contributed by atoms with Crippen molar-refractivity contribution in [3.05, 3.63) is 88.9 Å². The summed E-state index contributed by atoms with van der Waals surface area (Å²) in [5.74, 6) is 1.12. The molecule has 0 saturated carbocycles. The summed E-state index contributed by atoms with van der Waals surface area (Å²) in [4.78, 5) is 0.0476. The van der Waals surface area contributed by atoms with E-state index < -0.39 is 10.0 Å². The van der Waals surface area contributed by atoms with Gasteiger partial charge in [-0.3, -0.25) is 0 Å². The quantitative estimate of drug-likeness (QED) is 0.589. The Hall–Kier alpha value is -2.54. The number of hydrogen-bond acceptors (Lipinski definition) is 4. The first-order valence-electron chi connectivity index (χ1n) is 8.57. The summed E-state index contributed by atoms with van der Waals surface area (Å²) in [7, 11) is -2.18. The Balaban J connectivity index is 1.69. The SMILES string of the molecule is COc1cc(CNS(=O)(=O)c2ccccc2Cl)ccc1OCc1ccccc1. The van der Waals surface area contributed by atoms with Crippen LogP contribution in [0.15, 0.2) is 77.7 Å². The van der Waals surface area contributed by atoms with Gasteiger partial charge in [-0.2, -0.15) is 0 Å². The Bertz CT molecular complexity index is 1040. The molecule has 1 N–H and O–H groups in total. The van der Waals surface area contributed by atoms with E-state index in [1.807, 2.05) is 30.3 Å². The molecule has 0 aromatic heterocycles. The van der Waals surface area contributed by atoms with E-state index in [2.05, 4.69) is 4.72 Å². The van der Waals surface area contributed by atoms with Crippen molar-refractivity contribution in [2.45, 2.75) is 18.0 Å². The second-order valence-electron chi connectivity index (χ2n) is 6.01. The van der Waals surface area contributed by atoms with E-state index in [1.54, 1.807) is 37.4 Å². The number of nitrogens with one attached hydrogen (secondary N) is 1. The summed E-state index contributed by atoms with van der Waals surface area (Å²) in [5.41, 5.74) is 1.78. The van der Waals surface area contributed by atoms with Crippen molar-refractivity contribution in [3.63, 3.8) is 0 Å². The van der Waals surface area contributed by atoms with Crippen LogP contribution in [0.3, 0.4) is 0 Å². The van der Waals surface area contributed by atoms with Crippen molar-refractivity contribution in [1.82, 2.24) is 4.72 Å². The van der Waals surface area contributed by atoms with E-state index in [9.17, 15) is 8.42 Å². The molecular weight excluding hydrogens is 398 g/mol. The summed E-state index contributed by atoms with van der Waals surface area (Å²) >= 11 is 5.99. The van der Waals surface area contributed by atoms with E-state index in [-0.39, 0.29) is 16.5 Å². The van der Waals surface area contributed by atoms with Gasteiger partial charge in [0.1, 0.15) is 11.5 Å². The van der Waals surface area contributed by atoms with Gasteiger partial charge in [0.05, 0.1) is 12.1 Å². The molecule has 0 unspecified atom stereocenters. The summed E-state index contributed by atoms with van der Waals surface area (Å²) in [6, 6.07) is 21.4. The minimum atomic E-state index is -3.72. The van der Waals surface area contributed by atoms with Crippen LogP contribution in [0.25, 0.3) is 0 Å². The number of ether oxygens (including phenoxy) is 2. The molecule has 0 spiro atoms. The number of methoxy groups -OCH3 is 1. The van der Waals surface area contributed by atoms with Gasteiger partial charge < -0.3 is 9.47 Å². The van der Waals surface area contributed by atoms with Gasteiger partial charge in [0, 0.05) is 6.54 Å². The van der Waals surface area contributed by atoms with Gasteiger partial charge in [0.2, 0.25) is 10.0 Å². The highest BCUT2D eigenvalue weighted by molar-refractivity contribution is 7.89. The van der Waals surface area contributed by atoms with Gasteiger partial charge >= 0.3 is 0 Å². The molecule has 0 aliphatic heterocycles. The van der Waals surface area contributed by atoms with Crippen molar-refractivity contribution in [3.8, 4) is 11.5 Å². The molecule has 146 valence electrons. The summed E-state index contributed by atoms with van der Waals surface area (Å²) in [6.45, 7) is 0.512. The minimum absolute atomic E-state index is 0.0476. The molecule has 3 aromatic carbocycles. The topological polar surface area (TPSA) is 64.6 Å². The fourth-order valence-corrected chi connectivity index (χ4v) is 4.13. The summed E-state index contributed by atoms with van der Waals surface area (Å²) in [5, 5.41) is 0.178. The van der Waals surface area contributed by atoms with Crippen LogP contribution in [0.4, 0.5) is 0 Å². The largest absolute Gasteiger partial charge is 0.493 e. The fourth-order valence-electron chi connectivity index (χ4n) is 2.60. The van der Waals surface area contributed by atoms with Crippen molar-refractivity contribution < 1.29 is 17.9 Å². The number of benzene rings is 3. The normalized spacial score (nSPS) is 11.2. The highest BCUT2D eigenvalue weighted by Crippen LogP contribution is 2.29. The molecule has 0 bridgehead atoms. The summed E-state index contributed by atoms with van der Waals surface area (Å²) < 4.78 is 38.7. The van der Waals surface area contributed by atoms with Crippen molar-refractivity contribution >= 4 is 21.6 Å². The Labute approximate surface area is 169 Å². The second-order valence-corrected chi connectivity index (χ2v) is 8.16. The van der Waals surface area contributed by atoms with Crippen molar-refractivity contribution in [2.24, 2.45) is 0 Å². The molecule has 0 fully saturated rings. The van der Waals surface area contributed by atoms with Crippen LogP contribution >= 0.6 is 11.6 Å². The van der Waals surface area contributed by atoms with Gasteiger partial charge in [0.25, 0.3) is 0 Å². The lowest BCUT2D eigenvalue weighted by Crippen LogP contribution is -2.23. The third kappa shape index (κ3) is 5.04. The third-order valence-corrected chi connectivity index (χ3v) is 5.96. The fraction of sp³-hybridized carbons (Fsp3) is 0.143. The monoisotopic (exact) mass is 417 g/mol. The van der Waals surface area contributed by atoms with Gasteiger partial charge in [-0.15, -0.1) is 0 Å². The van der Waals surface area contributed by atoms with Crippen LogP contribution < -0.4 is 14.2 Å². The number of halogens is 1. The molecule has 0 aliphatic carbocycles. The lowest BCUT2D eigenvalue weighted by Gasteiger charge is -2.13. The maximum Gasteiger partial charge on any atom is 0.242 e. The van der Waals surface area contributed by atoms with E-state index in [0.29, 0.717) is 18.1 Å². The molecule has 0 aliphatic rings. The van der Waals surface area contributed by atoms with E-state index in [4.69, 9.17) is 21.1 Å². The highest BCUT2D eigenvalue weighted by atomic mass is 35.5. The minimum Gasteiger partial charge on any atom is -0.493 e. The average molecular weight is 418 g/mol. The molecule has 5 nitrogen and oxygen atoms in total. The first-order chi connectivity index (χ1) is 13.5. The molecule has 3 aromatic rings. The van der Waals surface area contributed by atoms with E-state index in [0.717, 1.165) is 11.1 Å². The van der Waals surface area contributed by atoms with Gasteiger partial charge in [-0.1, -0.05) is 60.1 Å². The Kier molecular flexibility index (Phi) is 6.57. The number of hydrogen-bond donors (Lipinski definition) is 1. The van der Waals surface area contributed by atoms with Crippen LogP contribution in [0, 0.1) is 0 Å². The van der Waals surface area contributed by atoms with Crippen LogP contribution in [0.5, 0.6) is 11.5 Å². The maximum atomic E-state index is 12.5. The lowest BCUT2D eigenvalue weighted by molar-refractivity contribution is 0.284. The summed E-state index contributed by atoms with van der Waals surface area (Å²) in [6.07, 6.45) is 0. The van der Waals surface area contributed by atoms with Gasteiger partial charge in [-0.25, -0.2) is 13.1 Å². The molecule has 28 heavy (non-hydrogen) atoms. The predicted molar refractivity (Wildman–Crippen MR) is 109 cm³/mol. The van der Waals surface area contributed by atoms with Gasteiger partial charge in [-0.05, 0) is 35.4 Å². The van der Waals surface area contributed by atoms with Crippen LogP contribution in [-0.4, -0.2) is 15.5 Å². The molecule has 0 amide bonds. The maximum absolute atomic E-state index is 12.5. The number of sulfonamides is 1. The Morgan fingerprint density at radius 3 is 2.32 bits per heavy atom. The molecule has 7 heteroatoms.